The van der Waals surface area contributed by atoms with Crippen molar-refractivity contribution in [1.29, 1.82) is 0 Å². The molecule has 1 aromatic carbocycles. The molecule has 1 atom stereocenters. The van der Waals surface area contributed by atoms with Crippen molar-refractivity contribution in [3.05, 3.63) is 32.8 Å². The number of nitrogens with zero attached hydrogens (tertiary/aromatic N) is 1. The minimum atomic E-state index is 0.209. The number of rotatable bonds is 5. The molecule has 1 heterocycles. The van der Waals surface area contributed by atoms with E-state index < -0.39 is 0 Å². The zero-order valence-corrected chi connectivity index (χ0v) is 13.7. The third-order valence-corrected chi connectivity index (χ3v) is 4.68. The van der Waals surface area contributed by atoms with Gasteiger partial charge in [0.05, 0.1) is 22.8 Å². The first kappa shape index (κ1) is 16.3. The standard InChI is InChI=1S/C14H19Cl3N2O/c1-2-19-5-6-20-10(9-19)7-18-8-11-12(15)3-4-13(16)14(11)17/h3-4,10,18H,2,5-9H2,1H3. The molecule has 1 saturated heterocycles. The van der Waals surface area contributed by atoms with Crippen LogP contribution in [0.1, 0.15) is 12.5 Å². The zero-order valence-electron chi connectivity index (χ0n) is 11.5. The Morgan fingerprint density at radius 2 is 2.05 bits per heavy atom. The summed E-state index contributed by atoms with van der Waals surface area (Å²) in [5.74, 6) is 0. The van der Waals surface area contributed by atoms with Crippen LogP contribution in [0.15, 0.2) is 12.1 Å². The van der Waals surface area contributed by atoms with Crippen LogP contribution in [-0.4, -0.2) is 43.8 Å². The topological polar surface area (TPSA) is 24.5 Å². The second-order valence-corrected chi connectivity index (χ2v) is 6.03. The van der Waals surface area contributed by atoms with Crippen LogP contribution in [0.25, 0.3) is 0 Å². The van der Waals surface area contributed by atoms with Crippen LogP contribution in [0.5, 0.6) is 0 Å². The van der Waals surface area contributed by atoms with Crippen molar-refractivity contribution in [2.24, 2.45) is 0 Å². The van der Waals surface area contributed by atoms with Gasteiger partial charge in [0.15, 0.2) is 0 Å². The molecule has 0 saturated carbocycles. The third-order valence-electron chi connectivity index (χ3n) is 3.48. The highest BCUT2D eigenvalue weighted by Gasteiger charge is 2.19. The zero-order chi connectivity index (χ0) is 14.5. The van der Waals surface area contributed by atoms with Crippen molar-refractivity contribution in [2.75, 3.05) is 32.8 Å². The van der Waals surface area contributed by atoms with Gasteiger partial charge in [0.25, 0.3) is 0 Å². The van der Waals surface area contributed by atoms with E-state index in [1.54, 1.807) is 12.1 Å². The smallest absolute Gasteiger partial charge is 0.0826 e. The van der Waals surface area contributed by atoms with Gasteiger partial charge in [0.2, 0.25) is 0 Å². The van der Waals surface area contributed by atoms with Gasteiger partial charge in [0, 0.05) is 36.8 Å². The Hall–Kier alpha value is -0.0300. The predicted molar refractivity (Wildman–Crippen MR) is 85.0 cm³/mol. The monoisotopic (exact) mass is 336 g/mol. The first-order valence-electron chi connectivity index (χ1n) is 6.78. The fourth-order valence-electron chi connectivity index (χ4n) is 2.28. The van der Waals surface area contributed by atoms with Gasteiger partial charge in [-0.25, -0.2) is 0 Å². The van der Waals surface area contributed by atoms with Crippen LogP contribution in [0.2, 0.25) is 15.1 Å². The molecule has 1 aliphatic rings. The molecule has 2 rings (SSSR count). The molecule has 112 valence electrons. The van der Waals surface area contributed by atoms with E-state index >= 15 is 0 Å². The molecule has 0 aromatic heterocycles. The molecule has 1 N–H and O–H groups in total. The molecule has 0 amide bonds. The van der Waals surface area contributed by atoms with Gasteiger partial charge in [-0.2, -0.15) is 0 Å². The van der Waals surface area contributed by atoms with E-state index in [9.17, 15) is 0 Å². The fraction of sp³-hybridized carbons (Fsp3) is 0.571. The predicted octanol–water partition coefficient (Wildman–Crippen LogP) is 3.46. The second-order valence-electron chi connectivity index (χ2n) is 4.84. The summed E-state index contributed by atoms with van der Waals surface area (Å²) < 4.78 is 5.74. The Kier molecular flexibility index (Phi) is 6.40. The lowest BCUT2D eigenvalue weighted by Crippen LogP contribution is -2.46. The van der Waals surface area contributed by atoms with E-state index in [-0.39, 0.29) is 6.10 Å². The van der Waals surface area contributed by atoms with Crippen LogP contribution in [0, 0.1) is 0 Å². The van der Waals surface area contributed by atoms with E-state index in [0.29, 0.717) is 21.6 Å². The summed E-state index contributed by atoms with van der Waals surface area (Å²) in [6.07, 6.45) is 0.209. The molecular formula is C14H19Cl3N2O. The van der Waals surface area contributed by atoms with Gasteiger partial charge in [-0.3, -0.25) is 4.90 Å². The lowest BCUT2D eigenvalue weighted by molar-refractivity contribution is -0.0253. The van der Waals surface area contributed by atoms with E-state index in [1.165, 1.54) is 0 Å². The average molecular weight is 338 g/mol. The number of nitrogens with one attached hydrogen (secondary N) is 1. The average Bonchev–Trinajstić information content (AvgIpc) is 2.47. The second kappa shape index (κ2) is 7.83. The van der Waals surface area contributed by atoms with Crippen molar-refractivity contribution in [3.63, 3.8) is 0 Å². The van der Waals surface area contributed by atoms with E-state index in [2.05, 4.69) is 17.1 Å². The quantitative estimate of drug-likeness (QED) is 0.833. The number of benzene rings is 1. The normalized spacial score (nSPS) is 20.3. The van der Waals surface area contributed by atoms with Gasteiger partial charge >= 0.3 is 0 Å². The van der Waals surface area contributed by atoms with Gasteiger partial charge in [-0.1, -0.05) is 41.7 Å². The highest BCUT2D eigenvalue weighted by molar-refractivity contribution is 6.44. The van der Waals surface area contributed by atoms with Gasteiger partial charge in [-0.15, -0.1) is 0 Å². The van der Waals surface area contributed by atoms with Crippen LogP contribution >= 0.6 is 34.8 Å². The van der Waals surface area contributed by atoms with Crippen molar-refractivity contribution in [1.82, 2.24) is 10.2 Å². The Bertz CT molecular complexity index is 456. The number of morpholine rings is 1. The Labute approximate surface area is 135 Å². The minimum absolute atomic E-state index is 0.209. The van der Waals surface area contributed by atoms with Crippen LogP contribution in [0.3, 0.4) is 0 Å². The maximum Gasteiger partial charge on any atom is 0.0826 e. The van der Waals surface area contributed by atoms with Gasteiger partial charge in [-0.05, 0) is 18.7 Å². The molecule has 0 spiro atoms. The molecule has 3 nitrogen and oxygen atoms in total. The number of hydrogen-bond acceptors (Lipinski definition) is 3. The molecule has 1 unspecified atom stereocenters. The highest BCUT2D eigenvalue weighted by Crippen LogP contribution is 2.31. The van der Waals surface area contributed by atoms with Gasteiger partial charge < -0.3 is 10.1 Å². The molecule has 1 aromatic rings. The van der Waals surface area contributed by atoms with Crippen LogP contribution in [-0.2, 0) is 11.3 Å². The fourth-order valence-corrected chi connectivity index (χ4v) is 2.96. The maximum atomic E-state index is 6.17. The SMILES string of the molecule is CCN1CCOC(CNCc2c(Cl)ccc(Cl)c2Cl)C1. The Morgan fingerprint density at radius 1 is 1.30 bits per heavy atom. The first-order valence-corrected chi connectivity index (χ1v) is 7.92. The lowest BCUT2D eigenvalue weighted by atomic mass is 10.2. The molecule has 20 heavy (non-hydrogen) atoms. The third kappa shape index (κ3) is 4.23. The summed E-state index contributed by atoms with van der Waals surface area (Å²) in [5, 5.41) is 5.02. The molecule has 1 fully saturated rings. The largest absolute Gasteiger partial charge is 0.374 e. The molecule has 1 aliphatic heterocycles. The van der Waals surface area contributed by atoms with E-state index in [0.717, 1.165) is 38.3 Å². The Balaban J connectivity index is 1.85. The molecule has 0 bridgehead atoms. The summed E-state index contributed by atoms with van der Waals surface area (Å²) in [7, 11) is 0. The van der Waals surface area contributed by atoms with Gasteiger partial charge in [0.1, 0.15) is 0 Å². The molecule has 0 radical (unpaired) electrons. The summed E-state index contributed by atoms with van der Waals surface area (Å²) in [5.41, 5.74) is 0.837. The summed E-state index contributed by atoms with van der Waals surface area (Å²) in [6, 6.07) is 3.47. The van der Waals surface area contributed by atoms with Crippen molar-refractivity contribution >= 4 is 34.8 Å². The van der Waals surface area contributed by atoms with E-state index in [4.69, 9.17) is 39.5 Å². The highest BCUT2D eigenvalue weighted by atomic mass is 35.5. The summed E-state index contributed by atoms with van der Waals surface area (Å²) >= 11 is 18.3. The van der Waals surface area contributed by atoms with Crippen molar-refractivity contribution < 1.29 is 4.74 Å². The number of hydrogen-bond donors (Lipinski definition) is 1. The maximum absolute atomic E-state index is 6.17. The first-order chi connectivity index (χ1) is 9.61. The summed E-state index contributed by atoms with van der Waals surface area (Å²) in [6.45, 7) is 7.35. The Morgan fingerprint density at radius 3 is 2.80 bits per heavy atom. The molecule has 0 aliphatic carbocycles. The van der Waals surface area contributed by atoms with Crippen LogP contribution in [0.4, 0.5) is 0 Å². The number of halogens is 3. The van der Waals surface area contributed by atoms with Crippen LogP contribution < -0.4 is 5.32 Å². The summed E-state index contributed by atoms with van der Waals surface area (Å²) in [4.78, 5) is 2.38. The lowest BCUT2D eigenvalue weighted by Gasteiger charge is -2.32. The van der Waals surface area contributed by atoms with E-state index in [1.807, 2.05) is 0 Å². The number of ether oxygens (including phenoxy) is 1. The molecular weight excluding hydrogens is 319 g/mol. The minimum Gasteiger partial charge on any atom is -0.374 e. The molecule has 6 heteroatoms. The van der Waals surface area contributed by atoms with Crippen molar-refractivity contribution in [3.8, 4) is 0 Å². The number of likely N-dealkylation sites (N-methyl/N-ethyl adjacent to an activating group) is 1. The van der Waals surface area contributed by atoms with Crippen molar-refractivity contribution in [2.45, 2.75) is 19.6 Å².